The van der Waals surface area contributed by atoms with Crippen LogP contribution >= 0.6 is 0 Å². The second kappa shape index (κ2) is 7.36. The predicted molar refractivity (Wildman–Crippen MR) is 117 cm³/mol. The maximum atomic E-state index is 12.7. The first-order valence-electron chi connectivity index (χ1n) is 9.69. The van der Waals surface area contributed by atoms with E-state index in [1.165, 1.54) is 0 Å². The summed E-state index contributed by atoms with van der Waals surface area (Å²) in [7, 11) is 0. The number of aromatic amines is 1. The van der Waals surface area contributed by atoms with E-state index in [1.807, 2.05) is 54.6 Å². The molecule has 0 unspecified atom stereocenters. The highest BCUT2D eigenvalue weighted by molar-refractivity contribution is 6.05. The van der Waals surface area contributed by atoms with Gasteiger partial charge in [-0.1, -0.05) is 18.2 Å². The fraction of sp³-hybridized carbons (Fsp3) is 0.0870. The van der Waals surface area contributed by atoms with Gasteiger partial charge in [0.1, 0.15) is 5.82 Å². The van der Waals surface area contributed by atoms with E-state index >= 15 is 0 Å². The van der Waals surface area contributed by atoms with Gasteiger partial charge in [0.25, 0.3) is 5.91 Å². The molecular formula is C23H19N5O2. The Hall–Kier alpha value is -4.13. The van der Waals surface area contributed by atoms with Crippen LogP contribution in [0, 0.1) is 0 Å². The number of amides is 3. The zero-order valence-electron chi connectivity index (χ0n) is 16.1. The third-order valence-electron chi connectivity index (χ3n) is 5.08. The van der Waals surface area contributed by atoms with Gasteiger partial charge in [0.2, 0.25) is 0 Å². The Labute approximate surface area is 172 Å². The van der Waals surface area contributed by atoms with Crippen molar-refractivity contribution < 1.29 is 9.59 Å². The number of carbonyl (C=O) groups excluding carboxylic acids is 2. The lowest BCUT2D eigenvalue weighted by atomic mass is 10.1. The van der Waals surface area contributed by atoms with E-state index in [4.69, 9.17) is 0 Å². The van der Waals surface area contributed by atoms with E-state index < -0.39 is 0 Å². The van der Waals surface area contributed by atoms with E-state index in [0.717, 1.165) is 22.4 Å². The van der Waals surface area contributed by atoms with Gasteiger partial charge in [0.15, 0.2) is 0 Å². The van der Waals surface area contributed by atoms with E-state index in [2.05, 4.69) is 20.6 Å². The molecule has 3 aromatic carbocycles. The predicted octanol–water partition coefficient (Wildman–Crippen LogP) is 4.01. The van der Waals surface area contributed by atoms with Crippen molar-refractivity contribution in [3.05, 3.63) is 78.4 Å². The Morgan fingerprint density at radius 3 is 2.60 bits per heavy atom. The first-order valence-corrected chi connectivity index (χ1v) is 9.69. The number of carbonyl (C=O) groups is 2. The van der Waals surface area contributed by atoms with Crippen molar-refractivity contribution >= 4 is 34.3 Å². The lowest BCUT2D eigenvalue weighted by Crippen LogP contribution is -2.27. The summed E-state index contributed by atoms with van der Waals surface area (Å²) in [6, 6.07) is 22.3. The van der Waals surface area contributed by atoms with Crippen LogP contribution in [-0.4, -0.2) is 35.0 Å². The normalized spacial score (nSPS) is 13.5. The summed E-state index contributed by atoms with van der Waals surface area (Å²) in [6.07, 6.45) is 0. The number of rotatable bonds is 4. The maximum absolute atomic E-state index is 12.7. The van der Waals surface area contributed by atoms with Gasteiger partial charge in [-0.3, -0.25) is 9.69 Å². The Bertz CT molecular complexity index is 1210. The minimum absolute atomic E-state index is 0.145. The molecule has 30 heavy (non-hydrogen) atoms. The topological polar surface area (TPSA) is 90.1 Å². The van der Waals surface area contributed by atoms with Crippen molar-refractivity contribution in [2.24, 2.45) is 0 Å². The fourth-order valence-electron chi connectivity index (χ4n) is 3.54. The number of aromatic nitrogens is 2. The van der Waals surface area contributed by atoms with Gasteiger partial charge < -0.3 is 15.6 Å². The molecule has 7 heteroatoms. The molecule has 1 fully saturated rings. The van der Waals surface area contributed by atoms with Gasteiger partial charge in [-0.25, -0.2) is 9.78 Å². The molecule has 1 saturated heterocycles. The Morgan fingerprint density at radius 1 is 1.00 bits per heavy atom. The molecule has 0 saturated carbocycles. The number of nitrogens with zero attached hydrogens (tertiary/aromatic N) is 2. The Morgan fingerprint density at radius 2 is 1.83 bits per heavy atom. The SMILES string of the molecule is O=C(Nc1ccc(-c2nc3ccccc3[nH]2)cc1)c1cccc(N2CCNC2=O)c1. The van der Waals surface area contributed by atoms with Gasteiger partial charge in [-0.2, -0.15) is 0 Å². The van der Waals surface area contributed by atoms with Crippen LogP contribution in [0.1, 0.15) is 10.4 Å². The van der Waals surface area contributed by atoms with E-state index in [1.54, 1.807) is 23.1 Å². The van der Waals surface area contributed by atoms with Crippen molar-refractivity contribution in [1.29, 1.82) is 0 Å². The zero-order chi connectivity index (χ0) is 20.5. The van der Waals surface area contributed by atoms with Crippen molar-refractivity contribution in [3.63, 3.8) is 0 Å². The highest BCUT2D eigenvalue weighted by atomic mass is 16.2. The van der Waals surface area contributed by atoms with Crippen molar-refractivity contribution in [2.45, 2.75) is 0 Å². The average molecular weight is 397 g/mol. The molecule has 1 aliphatic rings. The molecule has 3 amide bonds. The molecule has 0 spiro atoms. The van der Waals surface area contributed by atoms with Crippen LogP contribution in [0.25, 0.3) is 22.4 Å². The van der Waals surface area contributed by atoms with Crippen molar-refractivity contribution in [1.82, 2.24) is 15.3 Å². The van der Waals surface area contributed by atoms with Gasteiger partial charge in [0, 0.05) is 35.6 Å². The molecule has 5 rings (SSSR count). The van der Waals surface area contributed by atoms with Crippen molar-refractivity contribution in [2.75, 3.05) is 23.3 Å². The number of urea groups is 1. The van der Waals surface area contributed by atoms with Gasteiger partial charge >= 0.3 is 6.03 Å². The van der Waals surface area contributed by atoms with Gasteiger partial charge in [-0.05, 0) is 54.6 Å². The van der Waals surface area contributed by atoms with Crippen LogP contribution in [-0.2, 0) is 0 Å². The molecule has 0 bridgehead atoms. The number of benzene rings is 3. The Kier molecular flexibility index (Phi) is 4.40. The summed E-state index contributed by atoms with van der Waals surface area (Å²) in [5.41, 5.74) is 4.72. The second-order valence-electron chi connectivity index (χ2n) is 7.07. The molecule has 2 heterocycles. The highest BCUT2D eigenvalue weighted by Gasteiger charge is 2.21. The molecule has 3 N–H and O–H groups in total. The van der Waals surface area contributed by atoms with Crippen LogP contribution < -0.4 is 15.5 Å². The third kappa shape index (κ3) is 3.37. The number of H-pyrrole nitrogens is 1. The summed E-state index contributed by atoms with van der Waals surface area (Å²) < 4.78 is 0. The van der Waals surface area contributed by atoms with Gasteiger partial charge in [0.05, 0.1) is 11.0 Å². The summed E-state index contributed by atoms with van der Waals surface area (Å²) in [5, 5.41) is 5.67. The van der Waals surface area contributed by atoms with Crippen LogP contribution in [0.2, 0.25) is 0 Å². The number of nitrogens with one attached hydrogen (secondary N) is 3. The number of anilines is 2. The summed E-state index contributed by atoms with van der Waals surface area (Å²) in [5.74, 6) is 0.554. The molecule has 0 radical (unpaired) electrons. The quantitative estimate of drug-likeness (QED) is 0.486. The smallest absolute Gasteiger partial charge is 0.321 e. The summed E-state index contributed by atoms with van der Waals surface area (Å²) in [6.45, 7) is 1.19. The minimum atomic E-state index is -0.229. The highest BCUT2D eigenvalue weighted by Crippen LogP contribution is 2.23. The molecule has 148 valence electrons. The maximum Gasteiger partial charge on any atom is 0.321 e. The lowest BCUT2D eigenvalue weighted by Gasteiger charge is -2.15. The number of fused-ring (bicyclic) bond motifs is 1. The van der Waals surface area contributed by atoms with E-state index in [9.17, 15) is 9.59 Å². The van der Waals surface area contributed by atoms with E-state index in [-0.39, 0.29) is 11.9 Å². The number of hydrogen-bond donors (Lipinski definition) is 3. The molecule has 1 aliphatic heterocycles. The molecule has 7 nitrogen and oxygen atoms in total. The summed E-state index contributed by atoms with van der Waals surface area (Å²) in [4.78, 5) is 34.1. The second-order valence-corrected chi connectivity index (χ2v) is 7.07. The third-order valence-corrected chi connectivity index (χ3v) is 5.08. The first kappa shape index (κ1) is 17.9. The number of para-hydroxylation sites is 2. The van der Waals surface area contributed by atoms with Crippen molar-refractivity contribution in [3.8, 4) is 11.4 Å². The van der Waals surface area contributed by atoms with Crippen LogP contribution in [0.5, 0.6) is 0 Å². The zero-order valence-corrected chi connectivity index (χ0v) is 16.1. The standard InChI is InChI=1S/C23H19N5O2/c29-22(16-4-3-5-18(14-16)28-13-12-24-23(28)30)25-17-10-8-15(9-11-17)21-26-19-6-1-2-7-20(19)27-21/h1-11,14H,12-13H2,(H,24,30)(H,25,29)(H,26,27). The Balaban J connectivity index is 1.32. The molecule has 0 atom stereocenters. The fourth-order valence-corrected chi connectivity index (χ4v) is 3.54. The first-order chi connectivity index (χ1) is 14.7. The van der Waals surface area contributed by atoms with Crippen LogP contribution in [0.4, 0.5) is 16.2 Å². The van der Waals surface area contributed by atoms with Crippen LogP contribution in [0.3, 0.4) is 0 Å². The van der Waals surface area contributed by atoms with E-state index in [0.29, 0.717) is 30.0 Å². The largest absolute Gasteiger partial charge is 0.338 e. The molecule has 1 aromatic heterocycles. The monoisotopic (exact) mass is 397 g/mol. The lowest BCUT2D eigenvalue weighted by molar-refractivity contribution is 0.102. The average Bonchev–Trinajstić information content (AvgIpc) is 3.40. The molecular weight excluding hydrogens is 378 g/mol. The summed E-state index contributed by atoms with van der Waals surface area (Å²) >= 11 is 0. The molecule has 4 aromatic rings. The minimum Gasteiger partial charge on any atom is -0.338 e. The van der Waals surface area contributed by atoms with Gasteiger partial charge in [-0.15, -0.1) is 0 Å². The van der Waals surface area contributed by atoms with Crippen LogP contribution in [0.15, 0.2) is 72.8 Å². The number of hydrogen-bond acceptors (Lipinski definition) is 3. The number of imidazole rings is 1. The molecule has 0 aliphatic carbocycles.